The zero-order valence-electron chi connectivity index (χ0n) is 37.1. The molecule has 2 atom stereocenters. The van der Waals surface area contributed by atoms with Gasteiger partial charge in [-0.1, -0.05) is 30.3 Å². The van der Waals surface area contributed by atoms with Gasteiger partial charge >= 0.3 is 12.2 Å². The Morgan fingerprint density at radius 3 is 2.14 bits per heavy atom. The molecular weight excluding hydrogens is 824 g/mol. The summed E-state index contributed by atoms with van der Waals surface area (Å²) in [5.41, 5.74) is 4.24. The van der Waals surface area contributed by atoms with Crippen LogP contribution in [0.3, 0.4) is 0 Å². The Balaban J connectivity index is 1.09. The molecule has 1 aromatic heterocycles. The van der Waals surface area contributed by atoms with Gasteiger partial charge in [0.2, 0.25) is 17.1 Å². The van der Waals surface area contributed by atoms with Gasteiger partial charge < -0.3 is 35.6 Å². The van der Waals surface area contributed by atoms with Crippen LogP contribution in [0.15, 0.2) is 66.7 Å². The number of nitrogens with one attached hydrogen (secondary N) is 5. The van der Waals surface area contributed by atoms with E-state index < -0.39 is 23.3 Å². The van der Waals surface area contributed by atoms with Crippen LogP contribution in [0.5, 0.6) is 0 Å². The van der Waals surface area contributed by atoms with Crippen LogP contribution in [-0.4, -0.2) is 92.9 Å². The second-order valence-electron chi connectivity index (χ2n) is 18.5. The number of aromatic nitrogens is 3. The number of benzene rings is 3. The molecule has 2 unspecified atom stereocenters. The zero-order valence-corrected chi connectivity index (χ0v) is 37.9. The fraction of sp³-hybridized carbons (Fsp3) is 0.468. The third kappa shape index (κ3) is 13.5. The van der Waals surface area contributed by atoms with E-state index >= 15 is 0 Å². The molecule has 6 rings (SSSR count). The van der Waals surface area contributed by atoms with Crippen molar-refractivity contribution in [1.29, 1.82) is 0 Å². The van der Waals surface area contributed by atoms with Gasteiger partial charge in [-0.2, -0.15) is 10.1 Å². The Bertz CT molecular complexity index is 2260. The summed E-state index contributed by atoms with van der Waals surface area (Å²) < 4.78 is 10.9. The van der Waals surface area contributed by atoms with E-state index in [0.717, 1.165) is 35.1 Å². The summed E-state index contributed by atoms with van der Waals surface area (Å²) in [6, 6.07) is 19.4. The van der Waals surface area contributed by atoms with Crippen molar-refractivity contribution in [3.05, 3.63) is 88.7 Å². The zero-order chi connectivity index (χ0) is 45.5. The quantitative estimate of drug-likeness (QED) is 0.0942. The Labute approximate surface area is 373 Å². The normalized spacial score (nSPS) is 18.2. The maximum Gasteiger partial charge on any atom is 0.410 e. The van der Waals surface area contributed by atoms with Crippen LogP contribution in [0.25, 0.3) is 22.5 Å². The molecule has 2 fully saturated rings. The number of hydrogen-bond acceptors (Lipinski definition) is 9. The van der Waals surface area contributed by atoms with Crippen molar-refractivity contribution < 1.29 is 33.4 Å². The van der Waals surface area contributed by atoms with E-state index in [9.17, 15) is 24.0 Å². The number of aryl methyl sites for hydroxylation is 1. The van der Waals surface area contributed by atoms with E-state index in [-0.39, 0.29) is 53.4 Å². The largest absolute Gasteiger partial charge is 0.444 e. The van der Waals surface area contributed by atoms with Gasteiger partial charge in [0.1, 0.15) is 17.2 Å². The molecule has 3 aromatic carbocycles. The molecule has 0 radical (unpaired) electrons. The second-order valence-corrected chi connectivity index (χ2v) is 18.9. The number of hydrogen-bond donors (Lipinski definition) is 5. The third-order valence-electron chi connectivity index (χ3n) is 11.0. The van der Waals surface area contributed by atoms with Gasteiger partial charge in [0, 0.05) is 54.8 Å². The minimum atomic E-state index is -0.878. The van der Waals surface area contributed by atoms with Crippen LogP contribution < -0.4 is 21.3 Å². The minimum Gasteiger partial charge on any atom is -0.444 e. The first kappa shape index (κ1) is 46.5. The van der Waals surface area contributed by atoms with Crippen molar-refractivity contribution in [2.45, 2.75) is 110 Å². The van der Waals surface area contributed by atoms with Crippen molar-refractivity contribution in [2.24, 2.45) is 11.8 Å². The SMILES string of the molecule is Cc1cc(C(=O)NC2CCN(C(=O)OC(C)(C)C)C2)ccc1-c1ccc(CC(NC(=O)C2CCC(CNC(=O)OC(C)(C)C)CC2)C(=O)Nc2ccc(-c3n[nH]c(Cl)n3)cc2)cc1. The average molecular weight is 883 g/mol. The lowest BCUT2D eigenvalue weighted by Crippen LogP contribution is -2.48. The van der Waals surface area contributed by atoms with Crippen LogP contribution in [0.1, 0.15) is 95.1 Å². The summed E-state index contributed by atoms with van der Waals surface area (Å²) in [4.78, 5) is 71.4. The van der Waals surface area contributed by atoms with Crippen LogP contribution >= 0.6 is 11.6 Å². The molecule has 0 spiro atoms. The van der Waals surface area contributed by atoms with Crippen LogP contribution in [0, 0.1) is 18.8 Å². The molecule has 0 bridgehead atoms. The molecule has 15 nitrogen and oxygen atoms in total. The molecule has 2 aliphatic rings. The topological polar surface area (TPSA) is 197 Å². The molecule has 1 saturated carbocycles. The Hall–Kier alpha value is -5.96. The van der Waals surface area contributed by atoms with E-state index in [2.05, 4.69) is 36.4 Å². The first-order valence-electron chi connectivity index (χ1n) is 21.5. The number of rotatable bonds is 12. The molecule has 1 aliphatic heterocycles. The molecule has 5 amide bonds. The molecular formula is C47H59ClN8O7. The Kier molecular flexibility index (Phi) is 14.8. The average Bonchev–Trinajstić information content (AvgIpc) is 3.88. The van der Waals surface area contributed by atoms with Crippen molar-refractivity contribution in [3.63, 3.8) is 0 Å². The number of anilines is 1. The van der Waals surface area contributed by atoms with Crippen molar-refractivity contribution in [3.8, 4) is 22.5 Å². The molecule has 1 saturated heterocycles. The highest BCUT2D eigenvalue weighted by molar-refractivity contribution is 6.28. The number of halogens is 1. The standard InChI is InChI=1S/C47H59ClN8O7/c1-28-24-34(41(58)51-36-22-23-56(27-36)45(61)63-47(5,6)7)18-21-37(28)31-12-8-29(9-13-31)25-38(42(59)50-35-19-16-32(17-20-35)39-53-43(48)55-54-39)52-40(57)33-14-10-30(11-15-33)26-49-44(60)62-46(2,3)4/h8-9,12-13,16-21,24,30,33,36,38H,10-11,14-15,22-23,25-27H2,1-7H3,(H,49,60)(H,50,59)(H,51,58)(H,52,57)(H,53,54,55). The smallest absolute Gasteiger partial charge is 0.410 e. The number of ether oxygens (including phenoxy) is 2. The monoisotopic (exact) mass is 882 g/mol. The van der Waals surface area contributed by atoms with Crippen molar-refractivity contribution in [2.75, 3.05) is 25.0 Å². The lowest BCUT2D eigenvalue weighted by molar-refractivity contribution is -0.130. The number of carbonyl (C=O) groups is 5. The predicted octanol–water partition coefficient (Wildman–Crippen LogP) is 7.84. The Morgan fingerprint density at radius 2 is 1.52 bits per heavy atom. The number of carbonyl (C=O) groups excluding carboxylic acids is 5. The maximum atomic E-state index is 13.9. The highest BCUT2D eigenvalue weighted by atomic mass is 35.5. The van der Waals surface area contributed by atoms with Gasteiger partial charge in [-0.15, -0.1) is 0 Å². The van der Waals surface area contributed by atoms with E-state index in [4.69, 9.17) is 21.1 Å². The van der Waals surface area contributed by atoms with E-state index in [1.807, 2.05) is 84.9 Å². The summed E-state index contributed by atoms with van der Waals surface area (Å²) in [6.45, 7) is 14.3. The van der Waals surface area contributed by atoms with Gasteiger partial charge in [0.15, 0.2) is 5.82 Å². The van der Waals surface area contributed by atoms with Crippen LogP contribution in [-0.2, 0) is 25.5 Å². The minimum absolute atomic E-state index is 0.170. The number of nitrogens with zero attached hydrogens (tertiary/aromatic N) is 3. The molecule has 2 heterocycles. The first-order chi connectivity index (χ1) is 29.8. The number of H-pyrrole nitrogens is 1. The first-order valence-corrected chi connectivity index (χ1v) is 21.9. The Morgan fingerprint density at radius 1 is 0.857 bits per heavy atom. The number of likely N-dealkylation sites (tertiary alicyclic amines) is 1. The molecule has 16 heteroatoms. The van der Waals surface area contributed by atoms with Crippen LogP contribution in [0.2, 0.25) is 5.28 Å². The summed E-state index contributed by atoms with van der Waals surface area (Å²) in [6.07, 6.45) is 2.84. The molecule has 336 valence electrons. The van der Waals surface area contributed by atoms with Gasteiger partial charge in [-0.05, 0) is 157 Å². The number of amides is 5. The predicted molar refractivity (Wildman–Crippen MR) is 241 cm³/mol. The van der Waals surface area contributed by atoms with Crippen LogP contribution in [0.4, 0.5) is 15.3 Å². The summed E-state index contributed by atoms with van der Waals surface area (Å²) >= 11 is 5.90. The lowest BCUT2D eigenvalue weighted by atomic mass is 9.81. The van der Waals surface area contributed by atoms with Gasteiger partial charge in [0.25, 0.3) is 5.91 Å². The summed E-state index contributed by atoms with van der Waals surface area (Å²) in [7, 11) is 0. The molecule has 1 aliphatic carbocycles. The fourth-order valence-electron chi connectivity index (χ4n) is 7.80. The van der Waals surface area contributed by atoms with E-state index in [1.165, 1.54) is 0 Å². The summed E-state index contributed by atoms with van der Waals surface area (Å²) in [5.74, 6) is -0.381. The van der Waals surface area contributed by atoms with Crippen molar-refractivity contribution in [1.82, 2.24) is 36.0 Å². The van der Waals surface area contributed by atoms with Gasteiger partial charge in [-0.3, -0.25) is 14.4 Å². The van der Waals surface area contributed by atoms with E-state index in [1.54, 1.807) is 35.2 Å². The summed E-state index contributed by atoms with van der Waals surface area (Å²) in [5, 5.41) is 18.8. The molecule has 4 aromatic rings. The maximum absolute atomic E-state index is 13.9. The number of aromatic amines is 1. The van der Waals surface area contributed by atoms with Crippen molar-refractivity contribution >= 4 is 47.2 Å². The molecule has 5 N–H and O–H groups in total. The number of alkyl carbamates (subject to hydrolysis) is 1. The third-order valence-corrected chi connectivity index (χ3v) is 11.2. The van der Waals surface area contributed by atoms with Gasteiger partial charge in [0.05, 0.1) is 0 Å². The highest BCUT2D eigenvalue weighted by Gasteiger charge is 2.32. The lowest BCUT2D eigenvalue weighted by Gasteiger charge is -2.29. The second kappa shape index (κ2) is 20.0. The fourth-order valence-corrected chi connectivity index (χ4v) is 7.92. The highest BCUT2D eigenvalue weighted by Crippen LogP contribution is 2.30. The molecule has 63 heavy (non-hydrogen) atoms. The van der Waals surface area contributed by atoms with Gasteiger partial charge in [-0.25, -0.2) is 14.7 Å². The van der Waals surface area contributed by atoms with E-state index in [0.29, 0.717) is 61.5 Å².